The fourth-order valence-electron chi connectivity index (χ4n) is 6.58. The summed E-state index contributed by atoms with van der Waals surface area (Å²) in [6, 6.07) is 24.7. The first-order chi connectivity index (χ1) is 29.0. The van der Waals surface area contributed by atoms with Crippen molar-refractivity contribution in [1.29, 1.82) is 0 Å². The number of aromatic carboxylic acids is 1. The molecule has 0 unspecified atom stereocenters. The van der Waals surface area contributed by atoms with Gasteiger partial charge in [-0.3, -0.25) is 19.7 Å². The Hall–Kier alpha value is -7.88. The van der Waals surface area contributed by atoms with Gasteiger partial charge in [0.1, 0.15) is 17.2 Å². The van der Waals surface area contributed by atoms with E-state index in [1.165, 1.54) is 12.1 Å². The van der Waals surface area contributed by atoms with Gasteiger partial charge in [0.05, 0.1) is 16.9 Å². The molecule has 6 N–H and O–H groups in total. The third kappa shape index (κ3) is 9.07. The second-order valence-electron chi connectivity index (χ2n) is 15.1. The van der Waals surface area contributed by atoms with Gasteiger partial charge in [-0.25, -0.2) is 23.1 Å². The highest BCUT2D eigenvalue weighted by Crippen LogP contribution is 2.43. The van der Waals surface area contributed by atoms with Crippen molar-refractivity contribution in [3.05, 3.63) is 147 Å². The van der Waals surface area contributed by atoms with Gasteiger partial charge in [-0.05, 0) is 65.7 Å². The number of hydrogen-bond donors (Lipinski definition) is 6. The van der Waals surface area contributed by atoms with Gasteiger partial charge in [-0.15, -0.1) is 0 Å². The van der Waals surface area contributed by atoms with Crippen molar-refractivity contribution >= 4 is 46.3 Å². The number of aromatic nitrogens is 2. The molecule has 14 nitrogen and oxygen atoms in total. The number of anilines is 2. The monoisotopic (exact) mass is 828 g/mol. The minimum Gasteiger partial charge on any atom is -0.505 e. The number of rotatable bonds is 11. The van der Waals surface area contributed by atoms with E-state index in [2.05, 4.69) is 21.3 Å². The predicted octanol–water partition coefficient (Wildman–Crippen LogP) is 7.81. The first kappa shape index (κ1) is 41.3. The van der Waals surface area contributed by atoms with Crippen LogP contribution in [-0.4, -0.2) is 50.4 Å². The molecule has 61 heavy (non-hydrogen) atoms. The van der Waals surface area contributed by atoms with E-state index in [1.54, 1.807) is 28.9 Å². The first-order valence-electron chi connectivity index (χ1n) is 18.9. The SMILES string of the molecule is CC(C)(C)c1cc(NC(=O)Nc2ccccc2)n(-c2cccc(CNC(=O)CCNC(=O)c3ccc(C(=O)O)c(-c4c5cc(F)c(=O)cc-5oc5cc(O)c(F)cc45)c3)c2)n1. The average Bonchev–Trinajstić information content (AvgIpc) is 3.65. The number of fused-ring (bicyclic) bond motifs is 2. The Morgan fingerprint density at radius 3 is 2.33 bits per heavy atom. The van der Waals surface area contributed by atoms with E-state index in [0.29, 0.717) is 17.2 Å². The number of carboxylic acid groups (broad SMARTS) is 1. The number of carbonyl (C=O) groups is 4. The molecule has 0 radical (unpaired) electrons. The lowest BCUT2D eigenvalue weighted by atomic mass is 9.89. The van der Waals surface area contributed by atoms with Gasteiger partial charge in [-0.2, -0.15) is 5.10 Å². The van der Waals surface area contributed by atoms with Crippen molar-refractivity contribution in [3.8, 4) is 33.9 Å². The zero-order valence-electron chi connectivity index (χ0n) is 32.9. The Labute approximate surface area is 346 Å². The lowest BCUT2D eigenvalue weighted by molar-refractivity contribution is -0.121. The molecule has 5 aromatic rings. The van der Waals surface area contributed by atoms with Crippen molar-refractivity contribution < 1.29 is 42.6 Å². The molecule has 2 heterocycles. The highest BCUT2D eigenvalue weighted by molar-refractivity contribution is 6.09. The Balaban J connectivity index is 1.04. The molecular weight excluding hydrogens is 791 g/mol. The van der Waals surface area contributed by atoms with Crippen molar-refractivity contribution in [2.75, 3.05) is 17.2 Å². The fraction of sp³-hybridized carbons (Fsp3) is 0.156. The van der Waals surface area contributed by atoms with Gasteiger partial charge < -0.3 is 30.6 Å². The maximum absolute atomic E-state index is 14.7. The largest absolute Gasteiger partial charge is 0.505 e. The predicted molar refractivity (Wildman–Crippen MR) is 223 cm³/mol. The Kier molecular flexibility index (Phi) is 11.4. The summed E-state index contributed by atoms with van der Waals surface area (Å²) in [5.41, 5.74) is 0.569. The van der Waals surface area contributed by atoms with Crippen LogP contribution in [0.15, 0.2) is 112 Å². The highest BCUT2D eigenvalue weighted by Gasteiger charge is 2.26. The molecule has 0 bridgehead atoms. The smallest absolute Gasteiger partial charge is 0.336 e. The number of carboxylic acids is 1. The standard InChI is InChI=1S/C45H38F2N6O8/c1-45(2,3)38-22-39(51-44(60)50-26-9-5-4-6-10-26)53(52-38)27-11-7-8-24(16-27)23-49-40(56)14-15-48-42(57)25-12-13-28(43(58)59)29(17-25)41-30-18-32(46)34(54)20-36(30)61-37-21-35(55)33(47)19-31(37)41/h4-13,16-22,54H,14-15,23H2,1-3H3,(H,48,57)(H,49,56)(H,58,59)(H2,50,51,60). The van der Waals surface area contributed by atoms with Crippen molar-refractivity contribution in [3.63, 3.8) is 0 Å². The molecule has 1 aliphatic heterocycles. The van der Waals surface area contributed by atoms with Crippen LogP contribution in [-0.2, 0) is 16.8 Å². The molecule has 4 aromatic carbocycles. The number of urea groups is 1. The minimum atomic E-state index is -1.42. The average molecular weight is 829 g/mol. The molecule has 1 aromatic heterocycles. The Morgan fingerprint density at radius 1 is 0.820 bits per heavy atom. The lowest BCUT2D eigenvalue weighted by Gasteiger charge is -2.18. The number of hydrogen-bond acceptors (Lipinski definition) is 8. The zero-order chi connectivity index (χ0) is 43.6. The number of phenolic OH excluding ortho intramolecular Hbond substituents is 1. The van der Waals surface area contributed by atoms with Crippen LogP contribution in [0, 0.1) is 11.6 Å². The molecule has 7 rings (SSSR count). The summed E-state index contributed by atoms with van der Waals surface area (Å²) >= 11 is 0. The van der Waals surface area contributed by atoms with E-state index >= 15 is 0 Å². The lowest BCUT2D eigenvalue weighted by Crippen LogP contribution is -2.30. The summed E-state index contributed by atoms with van der Waals surface area (Å²) in [6.45, 7) is 6.03. The number of benzene rings is 5. The summed E-state index contributed by atoms with van der Waals surface area (Å²) in [5.74, 6) is -5.29. The molecule has 0 spiro atoms. The molecular formula is C45H38F2N6O8. The number of amides is 4. The van der Waals surface area contributed by atoms with E-state index in [4.69, 9.17) is 9.52 Å². The number of halogens is 2. The van der Waals surface area contributed by atoms with E-state index in [1.807, 2.05) is 57.2 Å². The van der Waals surface area contributed by atoms with Crippen molar-refractivity contribution in [2.45, 2.75) is 39.2 Å². The van der Waals surface area contributed by atoms with Crippen LogP contribution in [0.25, 0.3) is 39.1 Å². The summed E-state index contributed by atoms with van der Waals surface area (Å²) < 4.78 is 36.6. The van der Waals surface area contributed by atoms with Crippen molar-refractivity contribution in [2.24, 2.45) is 0 Å². The molecule has 0 saturated heterocycles. The van der Waals surface area contributed by atoms with Crippen LogP contribution >= 0.6 is 0 Å². The molecule has 0 fully saturated rings. The van der Waals surface area contributed by atoms with Gasteiger partial charge in [0.2, 0.25) is 11.3 Å². The molecule has 1 aliphatic carbocycles. The van der Waals surface area contributed by atoms with Crippen LogP contribution in [0.1, 0.15) is 59.2 Å². The number of nitrogens with zero attached hydrogens (tertiary/aromatic N) is 2. The van der Waals surface area contributed by atoms with E-state index in [0.717, 1.165) is 41.6 Å². The molecule has 0 atom stereocenters. The van der Waals surface area contributed by atoms with E-state index < -0.39 is 46.6 Å². The van der Waals surface area contributed by atoms with Gasteiger partial charge >= 0.3 is 12.0 Å². The Morgan fingerprint density at radius 2 is 1.59 bits per heavy atom. The fourth-order valence-corrected chi connectivity index (χ4v) is 6.58. The zero-order valence-corrected chi connectivity index (χ0v) is 32.9. The third-order valence-corrected chi connectivity index (χ3v) is 9.66. The Bertz CT molecular complexity index is 2890. The quantitative estimate of drug-likeness (QED) is 0.0703. The number of carbonyl (C=O) groups excluding carboxylic acids is 3. The number of nitrogens with one attached hydrogen (secondary N) is 4. The summed E-state index contributed by atoms with van der Waals surface area (Å²) in [4.78, 5) is 63.8. The van der Waals surface area contributed by atoms with Crippen LogP contribution in [0.3, 0.4) is 0 Å². The maximum atomic E-state index is 14.7. The first-order valence-corrected chi connectivity index (χ1v) is 18.9. The van der Waals surface area contributed by atoms with Crippen LogP contribution in [0.2, 0.25) is 0 Å². The topological polar surface area (TPSA) is 205 Å². The van der Waals surface area contributed by atoms with Crippen LogP contribution in [0.5, 0.6) is 5.75 Å². The number of phenols is 1. The molecule has 310 valence electrons. The van der Waals surface area contributed by atoms with Gasteiger partial charge in [0, 0.05) is 70.9 Å². The third-order valence-electron chi connectivity index (χ3n) is 9.66. The van der Waals surface area contributed by atoms with Gasteiger partial charge in [0.15, 0.2) is 17.4 Å². The highest BCUT2D eigenvalue weighted by atomic mass is 19.1. The second kappa shape index (κ2) is 16.8. The number of para-hydroxylation sites is 1. The maximum Gasteiger partial charge on any atom is 0.336 e. The minimum absolute atomic E-state index is 0.0425. The molecule has 2 aliphatic rings. The second-order valence-corrected chi connectivity index (χ2v) is 15.1. The van der Waals surface area contributed by atoms with Crippen LogP contribution in [0.4, 0.5) is 25.1 Å². The molecule has 16 heteroatoms. The summed E-state index contributed by atoms with van der Waals surface area (Å²) in [6.07, 6.45) is -0.126. The van der Waals surface area contributed by atoms with Crippen LogP contribution < -0.4 is 26.7 Å². The van der Waals surface area contributed by atoms with Gasteiger partial charge in [0.25, 0.3) is 5.91 Å². The van der Waals surface area contributed by atoms with E-state index in [-0.39, 0.29) is 69.5 Å². The summed E-state index contributed by atoms with van der Waals surface area (Å²) in [5, 5.41) is 36.0. The van der Waals surface area contributed by atoms with E-state index in [9.17, 15) is 43.0 Å². The van der Waals surface area contributed by atoms with Gasteiger partial charge in [-0.1, -0.05) is 51.1 Å². The van der Waals surface area contributed by atoms with Crippen molar-refractivity contribution in [1.82, 2.24) is 20.4 Å². The number of aromatic hydroxyl groups is 1. The normalized spacial score (nSPS) is 11.4. The summed E-state index contributed by atoms with van der Waals surface area (Å²) in [7, 11) is 0. The molecule has 4 amide bonds. The molecule has 0 saturated carbocycles.